The second kappa shape index (κ2) is 13.3. The van der Waals surface area contributed by atoms with Crippen LogP contribution in [0.3, 0.4) is 0 Å². The summed E-state index contributed by atoms with van der Waals surface area (Å²) in [6.07, 6.45) is 0. The highest BCUT2D eigenvalue weighted by atomic mass is 32.1. The summed E-state index contributed by atoms with van der Waals surface area (Å²) in [6.45, 7) is 0. The van der Waals surface area contributed by atoms with Gasteiger partial charge >= 0.3 is 0 Å². The minimum atomic E-state index is 0.631. The number of aromatic nitrogens is 4. The molecule has 0 bridgehead atoms. The topological polar surface area (TPSA) is 43.6 Å². The highest BCUT2D eigenvalue weighted by Gasteiger charge is 2.20. The van der Waals surface area contributed by atoms with Crippen LogP contribution < -0.4 is 0 Å². The molecular formula is C51H32N4S. The molecule has 0 radical (unpaired) electrons. The van der Waals surface area contributed by atoms with E-state index in [2.05, 4.69) is 193 Å². The van der Waals surface area contributed by atoms with Gasteiger partial charge < -0.3 is 4.57 Å². The van der Waals surface area contributed by atoms with Crippen molar-refractivity contribution in [2.75, 3.05) is 0 Å². The zero-order valence-corrected chi connectivity index (χ0v) is 31.0. The fraction of sp³-hybridized carbons (Fsp3) is 0. The molecule has 0 aliphatic rings. The summed E-state index contributed by atoms with van der Waals surface area (Å²) in [7, 11) is 0. The third-order valence-electron chi connectivity index (χ3n) is 10.7. The van der Waals surface area contributed by atoms with Crippen molar-refractivity contribution in [2.24, 2.45) is 0 Å². The summed E-state index contributed by atoms with van der Waals surface area (Å²) < 4.78 is 4.85. The third-order valence-corrected chi connectivity index (χ3v) is 11.8. The lowest BCUT2D eigenvalue weighted by molar-refractivity contribution is 1.08. The number of nitrogens with zero attached hydrogens (tertiary/aromatic N) is 4. The SMILES string of the molecule is c1ccc(-c2ccc(-c3cccc(-c4nc(-c5ccc6sc7ccccc7c6c5)nc(-c5cccc6c5c5ccccc5n6-c5ccccc5)n4)c3)cc2)cc1. The molecule has 8 aromatic carbocycles. The molecular weight excluding hydrogens is 701 g/mol. The second-order valence-electron chi connectivity index (χ2n) is 14.0. The summed E-state index contributed by atoms with van der Waals surface area (Å²) in [4.78, 5) is 15.8. The lowest BCUT2D eigenvalue weighted by Gasteiger charge is -2.11. The van der Waals surface area contributed by atoms with Crippen LogP contribution in [0.15, 0.2) is 194 Å². The monoisotopic (exact) mass is 732 g/mol. The van der Waals surface area contributed by atoms with Crippen molar-refractivity contribution in [1.82, 2.24) is 19.5 Å². The highest BCUT2D eigenvalue weighted by molar-refractivity contribution is 7.25. The number of fused-ring (bicyclic) bond motifs is 6. The van der Waals surface area contributed by atoms with Crippen LogP contribution in [-0.4, -0.2) is 19.5 Å². The maximum atomic E-state index is 5.30. The summed E-state index contributed by atoms with van der Waals surface area (Å²) in [6, 6.07) is 68.6. The van der Waals surface area contributed by atoms with E-state index in [9.17, 15) is 0 Å². The van der Waals surface area contributed by atoms with Crippen LogP contribution in [0.4, 0.5) is 0 Å². The van der Waals surface area contributed by atoms with Crippen LogP contribution in [0.2, 0.25) is 0 Å². The van der Waals surface area contributed by atoms with Gasteiger partial charge in [0, 0.05) is 53.3 Å². The Morgan fingerprint density at radius 3 is 1.68 bits per heavy atom. The van der Waals surface area contributed by atoms with E-state index in [-0.39, 0.29) is 0 Å². The van der Waals surface area contributed by atoms with E-state index in [1.165, 1.54) is 31.3 Å². The van der Waals surface area contributed by atoms with Gasteiger partial charge in [0.1, 0.15) is 0 Å². The van der Waals surface area contributed by atoms with Gasteiger partial charge in [-0.3, -0.25) is 0 Å². The van der Waals surface area contributed by atoms with E-state index >= 15 is 0 Å². The molecule has 5 heteroatoms. The van der Waals surface area contributed by atoms with E-state index in [0.29, 0.717) is 17.5 Å². The van der Waals surface area contributed by atoms with Gasteiger partial charge in [0.05, 0.1) is 11.0 Å². The van der Waals surface area contributed by atoms with E-state index in [0.717, 1.165) is 55.3 Å². The number of rotatable bonds is 6. The Morgan fingerprint density at radius 2 is 0.875 bits per heavy atom. The van der Waals surface area contributed by atoms with Gasteiger partial charge in [0.15, 0.2) is 17.5 Å². The fourth-order valence-electron chi connectivity index (χ4n) is 8.00. The first-order chi connectivity index (χ1) is 27.7. The molecule has 0 amide bonds. The van der Waals surface area contributed by atoms with Gasteiger partial charge in [-0.2, -0.15) is 0 Å². The predicted octanol–water partition coefficient (Wildman–Crippen LogP) is 13.7. The van der Waals surface area contributed by atoms with E-state index in [1.807, 2.05) is 17.4 Å². The number of benzene rings is 8. The molecule has 0 unspecified atom stereocenters. The molecule has 262 valence electrons. The molecule has 0 saturated carbocycles. The first-order valence-corrected chi connectivity index (χ1v) is 19.6. The van der Waals surface area contributed by atoms with Gasteiger partial charge in [-0.1, -0.05) is 140 Å². The molecule has 4 nitrogen and oxygen atoms in total. The summed E-state index contributed by atoms with van der Waals surface area (Å²) in [5.41, 5.74) is 10.8. The minimum Gasteiger partial charge on any atom is -0.309 e. The van der Waals surface area contributed by atoms with E-state index < -0.39 is 0 Å². The maximum Gasteiger partial charge on any atom is 0.164 e. The smallest absolute Gasteiger partial charge is 0.164 e. The van der Waals surface area contributed by atoms with Crippen LogP contribution >= 0.6 is 11.3 Å². The van der Waals surface area contributed by atoms with Gasteiger partial charge in [-0.05, 0) is 76.9 Å². The first kappa shape index (κ1) is 32.2. The Balaban J connectivity index is 1.11. The number of hydrogen-bond acceptors (Lipinski definition) is 4. The molecule has 0 fully saturated rings. The molecule has 3 heterocycles. The Bertz CT molecular complexity index is 3240. The zero-order chi connectivity index (χ0) is 37.0. The van der Waals surface area contributed by atoms with Crippen molar-refractivity contribution in [3.05, 3.63) is 194 Å². The van der Waals surface area contributed by atoms with Gasteiger partial charge in [0.2, 0.25) is 0 Å². The number of para-hydroxylation sites is 2. The van der Waals surface area contributed by atoms with Crippen LogP contribution in [0.5, 0.6) is 0 Å². The fourth-order valence-corrected chi connectivity index (χ4v) is 9.09. The van der Waals surface area contributed by atoms with Crippen molar-refractivity contribution in [2.45, 2.75) is 0 Å². The largest absolute Gasteiger partial charge is 0.309 e. The Labute approximate surface area is 327 Å². The van der Waals surface area contributed by atoms with Crippen molar-refractivity contribution < 1.29 is 0 Å². The van der Waals surface area contributed by atoms with Crippen molar-refractivity contribution in [3.8, 4) is 62.1 Å². The zero-order valence-electron chi connectivity index (χ0n) is 30.2. The van der Waals surface area contributed by atoms with Gasteiger partial charge in [0.25, 0.3) is 0 Å². The summed E-state index contributed by atoms with van der Waals surface area (Å²) in [5.74, 6) is 1.91. The molecule has 0 aliphatic heterocycles. The van der Waals surface area contributed by atoms with E-state index in [1.54, 1.807) is 0 Å². The number of hydrogen-bond donors (Lipinski definition) is 0. The normalized spacial score (nSPS) is 11.6. The lowest BCUT2D eigenvalue weighted by atomic mass is 9.99. The van der Waals surface area contributed by atoms with Crippen molar-refractivity contribution in [3.63, 3.8) is 0 Å². The summed E-state index contributed by atoms with van der Waals surface area (Å²) >= 11 is 1.81. The quantitative estimate of drug-likeness (QED) is 0.171. The van der Waals surface area contributed by atoms with Gasteiger partial charge in [-0.15, -0.1) is 11.3 Å². The average Bonchev–Trinajstić information content (AvgIpc) is 3.82. The molecule has 0 N–H and O–H groups in total. The highest BCUT2D eigenvalue weighted by Crippen LogP contribution is 2.40. The Hall–Kier alpha value is -7.21. The Morgan fingerprint density at radius 1 is 0.339 bits per heavy atom. The van der Waals surface area contributed by atoms with Crippen molar-refractivity contribution in [1.29, 1.82) is 0 Å². The molecule has 11 aromatic rings. The number of thiophene rings is 1. The lowest BCUT2D eigenvalue weighted by Crippen LogP contribution is -2.01. The van der Waals surface area contributed by atoms with Crippen molar-refractivity contribution >= 4 is 53.3 Å². The average molecular weight is 733 g/mol. The molecule has 56 heavy (non-hydrogen) atoms. The second-order valence-corrected chi connectivity index (χ2v) is 15.1. The minimum absolute atomic E-state index is 0.631. The molecule has 0 saturated heterocycles. The van der Waals surface area contributed by atoms with Gasteiger partial charge in [-0.25, -0.2) is 15.0 Å². The molecule has 11 rings (SSSR count). The van der Waals surface area contributed by atoms with Crippen LogP contribution in [-0.2, 0) is 0 Å². The molecule has 3 aromatic heterocycles. The third kappa shape index (κ3) is 5.48. The van der Waals surface area contributed by atoms with Crippen LogP contribution in [0.25, 0.3) is 104 Å². The standard InChI is InChI=1S/C51H32N4S/c1-3-13-33(14-4-1)34-25-27-35(28-26-34)36-15-11-16-37(31-36)49-52-50(38-29-30-47-43(32-38)40-19-8-10-24-46(40)56-47)54-51(53-49)42-21-12-23-45-48(42)41-20-7-9-22-44(41)55(45)39-17-5-2-6-18-39/h1-32H. The first-order valence-electron chi connectivity index (χ1n) is 18.8. The van der Waals surface area contributed by atoms with E-state index in [4.69, 9.17) is 15.0 Å². The van der Waals surface area contributed by atoms with Crippen LogP contribution in [0.1, 0.15) is 0 Å². The molecule has 0 spiro atoms. The molecule has 0 aliphatic carbocycles. The molecule has 0 atom stereocenters. The maximum absolute atomic E-state index is 5.30. The predicted molar refractivity (Wildman–Crippen MR) is 234 cm³/mol. The van der Waals surface area contributed by atoms with Crippen LogP contribution in [0, 0.1) is 0 Å². The summed E-state index contributed by atoms with van der Waals surface area (Å²) in [5, 5.41) is 4.72. The Kier molecular flexibility index (Phi) is 7.64.